The average molecular weight is 800 g/mol. The summed E-state index contributed by atoms with van der Waals surface area (Å²) in [7, 11) is -6.12. The molecular weight excluding hydrogens is 788 g/mol. The van der Waals surface area contributed by atoms with Gasteiger partial charge < -0.3 is 9.47 Å². The monoisotopic (exact) mass is 800 g/mol. The molecule has 0 bridgehead atoms. The molecule has 0 amide bonds. The maximum Gasteiger partial charge on any atom is 0.397 e. The third-order valence-corrected chi connectivity index (χ3v) is 5.83. The van der Waals surface area contributed by atoms with E-state index in [1.165, 1.54) is 0 Å². The zero-order chi connectivity index (χ0) is 39.2. The van der Waals surface area contributed by atoms with Crippen LogP contribution in [-0.2, 0) is 24.1 Å². The summed E-state index contributed by atoms with van der Waals surface area (Å²) in [6.45, 7) is -11.9. The lowest BCUT2D eigenvalue weighted by Crippen LogP contribution is -2.69. The Labute approximate surface area is 248 Å². The van der Waals surface area contributed by atoms with Gasteiger partial charge in [0.1, 0.15) is 19.3 Å². The summed E-state index contributed by atoms with van der Waals surface area (Å²) in [5, 5.41) is 0. The minimum absolute atomic E-state index is 2.42. The molecule has 0 heterocycles. The molecule has 0 aromatic rings. The first kappa shape index (κ1) is 46.1. The first-order valence-electron chi connectivity index (χ1n) is 10.8. The van der Waals surface area contributed by atoms with Gasteiger partial charge in [0.25, 0.3) is 0 Å². The Kier molecular flexibility index (Phi) is 13.1. The predicted molar refractivity (Wildman–Crippen MR) is 99.5 cm³/mol. The fraction of sp³-hybridized carbons (Fsp3) is 1.00. The number of rotatable bonds is 20. The average Bonchev–Trinajstić information content (AvgIpc) is 2.86. The second-order valence-corrected chi connectivity index (χ2v) is 9.93. The van der Waals surface area contributed by atoms with E-state index in [0.29, 0.717) is 0 Å². The Morgan fingerprint density at radius 1 is 0.458 bits per heavy atom. The maximum absolute atomic E-state index is 13.7. The second kappa shape index (κ2) is 13.7. The quantitative estimate of drug-likeness (QED) is 0.105. The van der Waals surface area contributed by atoms with E-state index in [-0.39, 0.29) is 0 Å². The summed E-state index contributed by atoms with van der Waals surface area (Å²) in [6, 6.07) is 0. The first-order chi connectivity index (χ1) is 20.7. The van der Waals surface area contributed by atoms with Gasteiger partial charge in [-0.1, -0.05) is 0 Å². The van der Waals surface area contributed by atoms with Crippen molar-refractivity contribution in [2.24, 2.45) is 0 Å². The van der Waals surface area contributed by atoms with Gasteiger partial charge in [-0.3, -0.25) is 4.55 Å². The van der Waals surface area contributed by atoms with Gasteiger partial charge >= 0.3 is 82.5 Å². The van der Waals surface area contributed by atoms with Crippen LogP contribution in [0, 0.1) is 0 Å². The van der Waals surface area contributed by atoms with Crippen molar-refractivity contribution < 1.29 is 132 Å². The molecule has 0 saturated carbocycles. The summed E-state index contributed by atoms with van der Waals surface area (Å²) < 4.78 is 355. The molecule has 0 aromatic carbocycles. The molecule has 0 aliphatic heterocycles. The van der Waals surface area contributed by atoms with Gasteiger partial charge in [0, 0.05) is 0 Å². The largest absolute Gasteiger partial charge is 0.397 e. The third-order valence-electron chi connectivity index (χ3n) is 5.31. The maximum atomic E-state index is 13.7. The number of hydrogen-bond donors (Lipinski definition) is 1. The van der Waals surface area contributed by atoms with Crippen LogP contribution in [0.1, 0.15) is 0 Å². The summed E-state index contributed by atoms with van der Waals surface area (Å²) in [5.41, 5.74) is 0. The van der Waals surface area contributed by atoms with Crippen molar-refractivity contribution in [1.82, 2.24) is 0 Å². The smallest absolute Gasteiger partial charge is 0.372 e. The number of halogens is 24. The van der Waals surface area contributed by atoms with Crippen molar-refractivity contribution in [2.45, 2.75) is 78.2 Å². The topological polar surface area (TPSA) is 82.1 Å². The molecular formula is C17H12F24O6S. The van der Waals surface area contributed by atoms with Crippen LogP contribution in [0.5, 0.6) is 0 Å². The van der Waals surface area contributed by atoms with Gasteiger partial charge in [0.05, 0.1) is 13.2 Å². The Hall–Kier alpha value is -1.89. The van der Waals surface area contributed by atoms with Crippen LogP contribution in [0.4, 0.5) is 105 Å². The van der Waals surface area contributed by atoms with Crippen LogP contribution in [0.25, 0.3) is 0 Å². The molecule has 0 fully saturated rings. The van der Waals surface area contributed by atoms with E-state index in [0.717, 1.165) is 0 Å². The van der Waals surface area contributed by atoms with E-state index in [1.54, 1.807) is 0 Å². The normalized spacial score (nSPS) is 16.1. The van der Waals surface area contributed by atoms with Crippen LogP contribution >= 0.6 is 0 Å². The molecule has 31 heteroatoms. The van der Waals surface area contributed by atoms with Crippen LogP contribution in [0.15, 0.2) is 0 Å². The third kappa shape index (κ3) is 8.02. The minimum Gasteiger partial charge on any atom is -0.372 e. The lowest BCUT2D eigenvalue weighted by molar-refractivity contribution is -0.416. The van der Waals surface area contributed by atoms with Crippen LogP contribution in [0.2, 0.25) is 0 Å². The Balaban J connectivity index is 6.03. The standard InChI is InChI=1S/C17H12F24O6S/c18-6(19)10(26,27)14(34,35)16(38,39)12(30,31)8(22,23)3-45-1-5(47-48(42,43)44)2-46-4-9(24,25)13(32,33)17(40,41)15(36,37)11(28,29)7(20)21/h5-7H,1-4H2,(H,42,43,44). The van der Waals surface area contributed by atoms with Crippen molar-refractivity contribution in [3.8, 4) is 0 Å². The van der Waals surface area contributed by atoms with Gasteiger partial charge in [-0.05, 0) is 0 Å². The highest BCUT2D eigenvalue weighted by Crippen LogP contribution is 2.59. The van der Waals surface area contributed by atoms with E-state index in [9.17, 15) is 114 Å². The van der Waals surface area contributed by atoms with E-state index >= 15 is 0 Å². The summed E-state index contributed by atoms with van der Waals surface area (Å²) >= 11 is 0. The van der Waals surface area contributed by atoms with Crippen LogP contribution in [0.3, 0.4) is 0 Å². The molecule has 0 rings (SSSR count). The van der Waals surface area contributed by atoms with Crippen molar-refractivity contribution in [3.63, 3.8) is 0 Å². The molecule has 0 spiro atoms. The summed E-state index contributed by atoms with van der Waals surface area (Å²) in [5.74, 6) is -76.5. The van der Waals surface area contributed by atoms with Gasteiger partial charge in [0.15, 0.2) is 0 Å². The molecule has 0 atom stereocenters. The molecule has 0 aliphatic carbocycles. The fourth-order valence-corrected chi connectivity index (χ4v) is 3.10. The molecule has 290 valence electrons. The lowest BCUT2D eigenvalue weighted by Gasteiger charge is -2.39. The number of hydrogen-bond acceptors (Lipinski definition) is 5. The Morgan fingerprint density at radius 3 is 0.917 bits per heavy atom. The molecule has 0 aliphatic rings. The Bertz CT molecular complexity index is 1110. The number of ether oxygens (including phenoxy) is 2. The highest BCUT2D eigenvalue weighted by Gasteiger charge is 2.89. The molecule has 1 N–H and O–H groups in total. The number of alkyl halides is 24. The second-order valence-electron chi connectivity index (χ2n) is 8.88. The lowest BCUT2D eigenvalue weighted by atomic mass is 9.94. The predicted octanol–water partition coefficient (Wildman–Crippen LogP) is 7.09. The fourth-order valence-electron chi connectivity index (χ4n) is 2.64. The first-order valence-corrected chi connectivity index (χ1v) is 12.2. The van der Waals surface area contributed by atoms with Gasteiger partial charge in [-0.25, -0.2) is 21.7 Å². The van der Waals surface area contributed by atoms with Gasteiger partial charge in [-0.2, -0.15) is 96.2 Å². The molecule has 0 saturated heterocycles. The van der Waals surface area contributed by atoms with Crippen LogP contribution in [-0.4, -0.2) is 118 Å². The molecule has 0 radical (unpaired) electrons. The SMILES string of the molecule is O=S(=O)(O)OC(COCC(F)(F)C(F)(F)C(F)(F)C(F)(F)C(F)(F)C(F)F)COCC(F)(F)C(F)(F)C(F)(F)C(F)(F)C(F)(F)C(F)F. The van der Waals surface area contributed by atoms with Crippen molar-refractivity contribution in [2.75, 3.05) is 26.4 Å². The van der Waals surface area contributed by atoms with E-state index < -0.39 is 115 Å². The zero-order valence-electron chi connectivity index (χ0n) is 21.5. The van der Waals surface area contributed by atoms with E-state index in [1.807, 2.05) is 0 Å². The van der Waals surface area contributed by atoms with Crippen molar-refractivity contribution in [3.05, 3.63) is 0 Å². The highest BCUT2D eigenvalue weighted by atomic mass is 32.3. The molecule has 48 heavy (non-hydrogen) atoms. The van der Waals surface area contributed by atoms with Gasteiger partial charge in [-0.15, -0.1) is 0 Å². The van der Waals surface area contributed by atoms with Crippen molar-refractivity contribution in [1.29, 1.82) is 0 Å². The van der Waals surface area contributed by atoms with Crippen molar-refractivity contribution >= 4 is 10.4 Å². The van der Waals surface area contributed by atoms with E-state index in [4.69, 9.17) is 4.55 Å². The van der Waals surface area contributed by atoms with E-state index in [2.05, 4.69) is 13.7 Å². The molecule has 0 aromatic heterocycles. The summed E-state index contributed by atoms with van der Waals surface area (Å²) in [4.78, 5) is 0. The molecule has 6 nitrogen and oxygen atoms in total. The van der Waals surface area contributed by atoms with Gasteiger partial charge in [0.2, 0.25) is 0 Å². The molecule has 0 unspecified atom stereocenters. The highest BCUT2D eigenvalue weighted by molar-refractivity contribution is 7.80. The zero-order valence-corrected chi connectivity index (χ0v) is 22.3. The summed E-state index contributed by atoms with van der Waals surface area (Å²) in [6.07, 6.45) is -15.0. The van der Waals surface area contributed by atoms with Crippen LogP contribution < -0.4 is 0 Å². The Morgan fingerprint density at radius 2 is 0.708 bits per heavy atom. The minimum atomic E-state index is -8.10.